The van der Waals surface area contributed by atoms with E-state index in [1.807, 2.05) is 0 Å². The number of nitrogens with one attached hydrogen (secondary N) is 1. The second kappa shape index (κ2) is 10.3. The lowest BCUT2D eigenvalue weighted by molar-refractivity contribution is 0.0519. The van der Waals surface area contributed by atoms with Crippen LogP contribution in [0.2, 0.25) is 0 Å². The Kier molecular flexibility index (Phi) is 7.49. The molecule has 0 atom stereocenters. The second-order valence-electron chi connectivity index (χ2n) is 6.81. The Balaban J connectivity index is 1.92. The molecule has 0 unspecified atom stereocenters. The molecule has 9 nitrogen and oxygen atoms in total. The molecule has 0 radical (unpaired) electrons. The van der Waals surface area contributed by atoms with Crippen molar-refractivity contribution in [3.8, 4) is 11.5 Å². The molecule has 3 aromatic rings. The van der Waals surface area contributed by atoms with Crippen molar-refractivity contribution in [3.63, 3.8) is 0 Å². The van der Waals surface area contributed by atoms with Crippen LogP contribution in [0.5, 0.6) is 11.5 Å². The summed E-state index contributed by atoms with van der Waals surface area (Å²) in [6.07, 6.45) is 0. The first kappa shape index (κ1) is 23.3. The summed E-state index contributed by atoms with van der Waals surface area (Å²) >= 11 is 0. The van der Waals surface area contributed by atoms with E-state index in [1.165, 1.54) is 10.4 Å². The molecule has 1 aromatic heterocycles. The smallest absolute Gasteiger partial charge is 0.356 e. The normalized spacial score (nSPS) is 11.4. The van der Waals surface area contributed by atoms with Crippen LogP contribution in [-0.4, -0.2) is 49.7 Å². The van der Waals surface area contributed by atoms with Gasteiger partial charge in [-0.15, -0.1) is 0 Å². The number of nitrogens with zero attached hydrogens (tertiary/aromatic N) is 2. The maximum Gasteiger partial charge on any atom is 0.356 e. The highest BCUT2D eigenvalue weighted by Gasteiger charge is 2.29. The summed E-state index contributed by atoms with van der Waals surface area (Å²) < 4.78 is 43.4. The van der Waals surface area contributed by atoms with Crippen LogP contribution >= 0.6 is 0 Å². The van der Waals surface area contributed by atoms with Gasteiger partial charge >= 0.3 is 5.97 Å². The number of carbonyl (C=O) groups is 1. The summed E-state index contributed by atoms with van der Waals surface area (Å²) in [6, 6.07) is 15.4. The van der Waals surface area contributed by atoms with Gasteiger partial charge in [0.2, 0.25) is 0 Å². The Morgan fingerprint density at radius 2 is 1.44 bits per heavy atom. The minimum absolute atomic E-state index is 0.0285. The number of methoxy groups -OCH3 is 2. The van der Waals surface area contributed by atoms with Crippen LogP contribution in [0.15, 0.2) is 59.6 Å². The first-order valence-corrected chi connectivity index (χ1v) is 11.3. The molecule has 1 heterocycles. The molecule has 0 saturated carbocycles. The van der Waals surface area contributed by atoms with E-state index in [0.717, 1.165) is 11.1 Å². The summed E-state index contributed by atoms with van der Waals surface area (Å²) in [5, 5.41) is 6.04. The lowest BCUT2D eigenvalue weighted by Crippen LogP contribution is -2.30. The van der Waals surface area contributed by atoms with Gasteiger partial charge in [0.05, 0.1) is 20.8 Å². The largest absolute Gasteiger partial charge is 0.497 e. The molecule has 0 aliphatic carbocycles. The number of benzene rings is 2. The van der Waals surface area contributed by atoms with Crippen molar-refractivity contribution in [3.05, 3.63) is 71.4 Å². The third-order valence-electron chi connectivity index (χ3n) is 4.69. The standard InChI is InChI=1S/C22H25N3O6S/c1-4-31-22(26)20-13-21(24-23-20)32(27,28)25(14-16-5-9-18(29-2)10-6-16)15-17-7-11-19(30-3)12-8-17/h5-13H,4,14-15H2,1-3H3,(H,23,24). The van der Waals surface area contributed by atoms with Gasteiger partial charge in [-0.05, 0) is 42.3 Å². The molecular formula is C22H25N3O6S. The van der Waals surface area contributed by atoms with Gasteiger partial charge in [-0.3, -0.25) is 5.10 Å². The van der Waals surface area contributed by atoms with Gasteiger partial charge in [0.1, 0.15) is 17.2 Å². The van der Waals surface area contributed by atoms with E-state index in [2.05, 4.69) is 10.2 Å². The van der Waals surface area contributed by atoms with Crippen LogP contribution in [0.3, 0.4) is 0 Å². The predicted molar refractivity (Wildman–Crippen MR) is 117 cm³/mol. The number of rotatable bonds is 10. The van der Waals surface area contributed by atoms with Crippen LogP contribution in [0.1, 0.15) is 28.5 Å². The van der Waals surface area contributed by atoms with Crippen LogP contribution in [0.4, 0.5) is 0 Å². The maximum absolute atomic E-state index is 13.4. The van der Waals surface area contributed by atoms with Crippen molar-refractivity contribution in [1.29, 1.82) is 0 Å². The molecule has 1 N–H and O–H groups in total. The predicted octanol–water partition coefficient (Wildman–Crippen LogP) is 2.99. The number of esters is 1. The molecule has 3 rings (SSSR count). The Bertz CT molecular complexity index is 1090. The highest BCUT2D eigenvalue weighted by Crippen LogP contribution is 2.23. The van der Waals surface area contributed by atoms with E-state index in [4.69, 9.17) is 14.2 Å². The third kappa shape index (κ3) is 5.45. The van der Waals surface area contributed by atoms with Gasteiger partial charge in [0, 0.05) is 19.2 Å². The number of ether oxygens (including phenoxy) is 3. The Hall–Kier alpha value is -3.37. The number of carbonyl (C=O) groups excluding carboxylic acids is 1. The minimum atomic E-state index is -4.04. The molecule has 0 saturated heterocycles. The molecule has 0 amide bonds. The summed E-state index contributed by atoms with van der Waals surface area (Å²) in [7, 11) is -0.908. The van der Waals surface area contributed by atoms with Crippen molar-refractivity contribution < 1.29 is 27.4 Å². The van der Waals surface area contributed by atoms with Crippen molar-refractivity contribution >= 4 is 16.0 Å². The van der Waals surface area contributed by atoms with E-state index in [9.17, 15) is 13.2 Å². The van der Waals surface area contributed by atoms with Crippen LogP contribution in [0.25, 0.3) is 0 Å². The number of aromatic amines is 1. The van der Waals surface area contributed by atoms with Crippen molar-refractivity contribution in [1.82, 2.24) is 14.5 Å². The average molecular weight is 460 g/mol. The Labute approximate surface area is 187 Å². The van der Waals surface area contributed by atoms with E-state index in [0.29, 0.717) is 11.5 Å². The fourth-order valence-corrected chi connectivity index (χ4v) is 4.31. The second-order valence-corrected chi connectivity index (χ2v) is 8.69. The lowest BCUT2D eigenvalue weighted by atomic mass is 10.2. The molecule has 32 heavy (non-hydrogen) atoms. The third-order valence-corrected chi connectivity index (χ3v) is 6.37. The summed E-state index contributed by atoms with van der Waals surface area (Å²) in [6.45, 7) is 2.03. The fourth-order valence-electron chi connectivity index (χ4n) is 2.98. The van der Waals surface area contributed by atoms with Crippen molar-refractivity contribution in [2.24, 2.45) is 0 Å². The van der Waals surface area contributed by atoms with Gasteiger partial charge in [-0.25, -0.2) is 13.2 Å². The summed E-state index contributed by atoms with van der Waals surface area (Å²) in [5.74, 6) is 0.674. The van der Waals surface area contributed by atoms with Gasteiger partial charge in [-0.1, -0.05) is 24.3 Å². The van der Waals surface area contributed by atoms with Crippen molar-refractivity contribution in [2.45, 2.75) is 25.0 Å². The number of H-pyrrole nitrogens is 1. The highest BCUT2D eigenvalue weighted by atomic mass is 32.2. The van der Waals surface area contributed by atoms with E-state index in [1.54, 1.807) is 69.7 Å². The molecule has 0 spiro atoms. The maximum atomic E-state index is 13.4. The zero-order chi connectivity index (χ0) is 23.1. The summed E-state index contributed by atoms with van der Waals surface area (Å²) in [4.78, 5) is 11.9. The van der Waals surface area contributed by atoms with E-state index in [-0.39, 0.29) is 30.4 Å². The molecular weight excluding hydrogens is 434 g/mol. The molecule has 0 fully saturated rings. The van der Waals surface area contributed by atoms with E-state index >= 15 is 0 Å². The zero-order valence-electron chi connectivity index (χ0n) is 18.1. The number of aromatic nitrogens is 2. The van der Waals surface area contributed by atoms with Crippen LogP contribution < -0.4 is 9.47 Å². The van der Waals surface area contributed by atoms with Gasteiger partial charge in [0.15, 0.2) is 5.03 Å². The highest BCUT2D eigenvalue weighted by molar-refractivity contribution is 7.89. The monoisotopic (exact) mass is 459 g/mol. The first-order chi connectivity index (χ1) is 15.4. The molecule has 0 bridgehead atoms. The van der Waals surface area contributed by atoms with Gasteiger partial charge in [-0.2, -0.15) is 9.40 Å². The first-order valence-electron chi connectivity index (χ1n) is 9.86. The Morgan fingerprint density at radius 3 is 1.88 bits per heavy atom. The number of hydrogen-bond acceptors (Lipinski definition) is 7. The van der Waals surface area contributed by atoms with Gasteiger partial charge in [0.25, 0.3) is 10.0 Å². The average Bonchev–Trinajstić information content (AvgIpc) is 3.31. The van der Waals surface area contributed by atoms with Crippen molar-refractivity contribution in [2.75, 3.05) is 20.8 Å². The van der Waals surface area contributed by atoms with Gasteiger partial charge < -0.3 is 14.2 Å². The SMILES string of the molecule is CCOC(=O)c1cc(S(=O)(=O)N(Cc2ccc(OC)cc2)Cc2ccc(OC)cc2)n[nH]1. The molecule has 0 aliphatic heterocycles. The topological polar surface area (TPSA) is 111 Å². The lowest BCUT2D eigenvalue weighted by Gasteiger charge is -2.21. The van der Waals surface area contributed by atoms with Crippen LogP contribution in [0, 0.1) is 0 Å². The molecule has 2 aromatic carbocycles. The summed E-state index contributed by atoms with van der Waals surface area (Å²) in [5.41, 5.74) is 1.51. The Morgan fingerprint density at radius 1 is 0.938 bits per heavy atom. The molecule has 10 heteroatoms. The van der Waals surface area contributed by atoms with Crippen LogP contribution in [-0.2, 0) is 27.8 Å². The number of sulfonamides is 1. The number of hydrogen-bond donors (Lipinski definition) is 1. The zero-order valence-corrected chi connectivity index (χ0v) is 18.9. The van der Waals surface area contributed by atoms with E-state index < -0.39 is 16.0 Å². The molecule has 170 valence electrons. The fraction of sp³-hybridized carbons (Fsp3) is 0.273. The molecule has 0 aliphatic rings. The quantitative estimate of drug-likeness (QED) is 0.464. The minimum Gasteiger partial charge on any atom is -0.497 e.